The van der Waals surface area contributed by atoms with E-state index in [0.717, 1.165) is 22.8 Å². The average molecular weight is 401 g/mol. The van der Waals surface area contributed by atoms with Crippen LogP contribution in [0.25, 0.3) is 0 Å². The molecular weight excluding hydrogens is 380 g/mol. The summed E-state index contributed by atoms with van der Waals surface area (Å²) in [6.45, 7) is 3.73. The van der Waals surface area contributed by atoms with Crippen LogP contribution in [0.2, 0.25) is 5.02 Å². The van der Waals surface area contributed by atoms with Crippen LogP contribution in [0.4, 0.5) is 5.69 Å². The summed E-state index contributed by atoms with van der Waals surface area (Å²) in [5.74, 6) is 1.70. The molecule has 4 nitrogen and oxygen atoms in total. The molecule has 0 unspecified atom stereocenters. The van der Waals surface area contributed by atoms with Crippen molar-refractivity contribution in [3.63, 3.8) is 0 Å². The third kappa shape index (κ3) is 5.49. The van der Waals surface area contributed by atoms with E-state index in [1.807, 2.05) is 72.5 Å². The molecule has 0 aliphatic rings. The average Bonchev–Trinajstić information content (AvgIpc) is 3.18. The summed E-state index contributed by atoms with van der Waals surface area (Å²) in [5, 5.41) is 4.55. The third-order valence-corrected chi connectivity index (χ3v) is 4.56. The predicted octanol–water partition coefficient (Wildman–Crippen LogP) is 5.73. The van der Waals surface area contributed by atoms with Gasteiger partial charge in [0.05, 0.1) is 19.4 Å². The van der Waals surface area contributed by atoms with Crippen molar-refractivity contribution in [2.45, 2.75) is 20.0 Å². The normalized spacial score (nSPS) is 10.4. The Morgan fingerprint density at radius 3 is 2.56 bits per heavy atom. The summed E-state index contributed by atoms with van der Waals surface area (Å²) in [6.07, 6.45) is 1.66. The highest BCUT2D eigenvalue weighted by molar-refractivity contribution is 7.80. The molecule has 0 spiro atoms. The van der Waals surface area contributed by atoms with Crippen LogP contribution in [0.3, 0.4) is 0 Å². The fourth-order valence-corrected chi connectivity index (χ4v) is 3.04. The van der Waals surface area contributed by atoms with Crippen molar-refractivity contribution >= 4 is 34.6 Å². The second-order valence-corrected chi connectivity index (χ2v) is 6.74. The smallest absolute Gasteiger partial charge is 0.174 e. The number of thiocarbonyl (C=S) groups is 1. The number of nitrogens with zero attached hydrogens (tertiary/aromatic N) is 1. The first-order valence-electron chi connectivity index (χ1n) is 8.70. The van der Waals surface area contributed by atoms with Gasteiger partial charge in [-0.15, -0.1) is 0 Å². The summed E-state index contributed by atoms with van der Waals surface area (Å²) in [7, 11) is 0. The van der Waals surface area contributed by atoms with E-state index in [0.29, 0.717) is 29.8 Å². The van der Waals surface area contributed by atoms with Gasteiger partial charge in [0, 0.05) is 22.8 Å². The van der Waals surface area contributed by atoms with Crippen LogP contribution in [-0.2, 0) is 13.1 Å². The zero-order valence-corrected chi connectivity index (χ0v) is 16.6. The summed E-state index contributed by atoms with van der Waals surface area (Å²) in [5.41, 5.74) is 1.94. The van der Waals surface area contributed by atoms with Crippen LogP contribution in [0.15, 0.2) is 71.3 Å². The molecule has 0 aliphatic carbocycles. The molecule has 1 N–H and O–H groups in total. The van der Waals surface area contributed by atoms with Gasteiger partial charge in [-0.25, -0.2) is 0 Å². The molecule has 0 atom stereocenters. The number of hydrogen-bond donors (Lipinski definition) is 1. The summed E-state index contributed by atoms with van der Waals surface area (Å²) >= 11 is 11.6. The Balaban J connectivity index is 1.80. The standard InChI is InChI=1S/C21H21ClN2O2S/c1-2-25-20-8-4-3-6-16(20)14-24(15-19-7-5-13-26-19)21(27)23-18-11-9-17(22)10-12-18/h3-13H,2,14-15H2,1H3,(H,23,27). The lowest BCUT2D eigenvalue weighted by atomic mass is 10.2. The van der Waals surface area contributed by atoms with Crippen molar-refractivity contribution in [3.05, 3.63) is 83.3 Å². The third-order valence-electron chi connectivity index (χ3n) is 3.94. The van der Waals surface area contributed by atoms with Gasteiger partial charge >= 0.3 is 0 Å². The van der Waals surface area contributed by atoms with Crippen molar-refractivity contribution < 1.29 is 9.15 Å². The molecule has 0 saturated carbocycles. The van der Waals surface area contributed by atoms with Crippen molar-refractivity contribution in [1.82, 2.24) is 4.90 Å². The molecule has 6 heteroatoms. The van der Waals surface area contributed by atoms with Gasteiger partial charge in [-0.1, -0.05) is 29.8 Å². The molecule has 140 valence electrons. The van der Waals surface area contributed by atoms with E-state index in [4.69, 9.17) is 33.0 Å². The largest absolute Gasteiger partial charge is 0.494 e. The number of rotatable bonds is 7. The Hall–Kier alpha value is -2.50. The van der Waals surface area contributed by atoms with Crippen molar-refractivity contribution in [2.75, 3.05) is 11.9 Å². The van der Waals surface area contributed by atoms with Crippen LogP contribution in [0.5, 0.6) is 5.75 Å². The number of furan rings is 1. The second kappa shape index (κ2) is 9.44. The lowest BCUT2D eigenvalue weighted by Crippen LogP contribution is -2.33. The molecule has 2 aromatic carbocycles. The lowest BCUT2D eigenvalue weighted by molar-refractivity contribution is 0.320. The minimum atomic E-state index is 0.548. The van der Waals surface area contributed by atoms with E-state index < -0.39 is 0 Å². The van der Waals surface area contributed by atoms with E-state index in [9.17, 15) is 0 Å². The van der Waals surface area contributed by atoms with E-state index in [1.165, 1.54) is 0 Å². The molecule has 1 heterocycles. The number of anilines is 1. The number of hydrogen-bond acceptors (Lipinski definition) is 3. The Morgan fingerprint density at radius 1 is 1.07 bits per heavy atom. The fraction of sp³-hybridized carbons (Fsp3) is 0.190. The van der Waals surface area contributed by atoms with E-state index in [-0.39, 0.29) is 0 Å². The number of ether oxygens (including phenoxy) is 1. The van der Waals surface area contributed by atoms with Crippen molar-refractivity contribution in [3.8, 4) is 5.75 Å². The van der Waals surface area contributed by atoms with Crippen molar-refractivity contribution in [2.24, 2.45) is 0 Å². The minimum absolute atomic E-state index is 0.548. The van der Waals surface area contributed by atoms with Crippen LogP contribution < -0.4 is 10.1 Å². The van der Waals surface area contributed by atoms with E-state index in [2.05, 4.69) is 5.32 Å². The molecule has 27 heavy (non-hydrogen) atoms. The highest BCUT2D eigenvalue weighted by Gasteiger charge is 2.15. The highest BCUT2D eigenvalue weighted by Crippen LogP contribution is 2.22. The Morgan fingerprint density at radius 2 is 1.85 bits per heavy atom. The minimum Gasteiger partial charge on any atom is -0.494 e. The number of benzene rings is 2. The van der Waals surface area contributed by atoms with Crippen molar-refractivity contribution in [1.29, 1.82) is 0 Å². The van der Waals surface area contributed by atoms with Gasteiger partial charge in [0.25, 0.3) is 0 Å². The maximum Gasteiger partial charge on any atom is 0.174 e. The Bertz CT molecular complexity index is 866. The van der Waals surface area contributed by atoms with E-state index in [1.54, 1.807) is 6.26 Å². The summed E-state index contributed by atoms with van der Waals surface area (Å²) in [6, 6.07) is 19.2. The Kier molecular flexibility index (Phi) is 6.74. The molecule has 0 saturated heterocycles. The lowest BCUT2D eigenvalue weighted by Gasteiger charge is -2.26. The van der Waals surface area contributed by atoms with Crippen LogP contribution in [-0.4, -0.2) is 16.6 Å². The number of nitrogens with one attached hydrogen (secondary N) is 1. The molecule has 0 aliphatic heterocycles. The fourth-order valence-electron chi connectivity index (χ4n) is 2.66. The Labute approximate surface area is 169 Å². The summed E-state index contributed by atoms with van der Waals surface area (Å²) in [4.78, 5) is 2.04. The predicted molar refractivity (Wildman–Crippen MR) is 113 cm³/mol. The highest BCUT2D eigenvalue weighted by atomic mass is 35.5. The van der Waals surface area contributed by atoms with Gasteiger partial charge in [0.1, 0.15) is 11.5 Å². The van der Waals surface area contributed by atoms with Crippen LogP contribution in [0.1, 0.15) is 18.2 Å². The molecule has 1 aromatic heterocycles. The molecule has 3 aromatic rings. The van der Waals surface area contributed by atoms with Gasteiger partial charge in [-0.2, -0.15) is 0 Å². The van der Waals surface area contributed by atoms with Gasteiger partial charge in [0.2, 0.25) is 0 Å². The monoisotopic (exact) mass is 400 g/mol. The maximum absolute atomic E-state index is 5.96. The van der Waals surface area contributed by atoms with Gasteiger partial charge in [-0.3, -0.25) is 0 Å². The molecule has 0 fully saturated rings. The molecule has 0 radical (unpaired) electrons. The first-order valence-corrected chi connectivity index (χ1v) is 9.49. The zero-order chi connectivity index (χ0) is 19.1. The maximum atomic E-state index is 5.96. The molecule has 3 rings (SSSR count). The summed E-state index contributed by atoms with van der Waals surface area (Å²) < 4.78 is 11.3. The second-order valence-electron chi connectivity index (χ2n) is 5.91. The van der Waals surface area contributed by atoms with Gasteiger partial charge < -0.3 is 19.4 Å². The first kappa shape index (κ1) is 19.3. The SMILES string of the molecule is CCOc1ccccc1CN(Cc1ccco1)C(=S)Nc1ccc(Cl)cc1. The first-order chi connectivity index (χ1) is 13.2. The quantitative estimate of drug-likeness (QED) is 0.512. The number of halogens is 1. The molecule has 0 bridgehead atoms. The molecular formula is C21H21ClN2O2S. The van der Waals surface area contributed by atoms with Gasteiger partial charge in [0.15, 0.2) is 5.11 Å². The van der Waals surface area contributed by atoms with Crippen LogP contribution in [0, 0.1) is 0 Å². The zero-order valence-electron chi connectivity index (χ0n) is 15.0. The van der Waals surface area contributed by atoms with E-state index >= 15 is 0 Å². The van der Waals surface area contributed by atoms with Gasteiger partial charge in [-0.05, 0) is 61.6 Å². The topological polar surface area (TPSA) is 37.6 Å². The molecule has 0 amide bonds. The van der Waals surface area contributed by atoms with Crippen LogP contribution >= 0.6 is 23.8 Å². The number of para-hydroxylation sites is 1.